The molecule has 2 heterocycles. The van der Waals surface area contributed by atoms with Crippen molar-refractivity contribution in [2.45, 2.75) is 9.79 Å². The molecule has 0 bridgehead atoms. The van der Waals surface area contributed by atoms with Gasteiger partial charge in [-0.3, -0.25) is 4.98 Å². The smallest absolute Gasteiger partial charge is 0.335 e. The molecule has 0 amide bonds. The number of aromatic carboxylic acids is 1. The second kappa shape index (κ2) is 6.86. The number of carboxylic acid groups (broad SMARTS) is 1. The summed E-state index contributed by atoms with van der Waals surface area (Å²) in [6.45, 7) is 0. The van der Waals surface area contributed by atoms with E-state index >= 15 is 0 Å². The Morgan fingerprint density at radius 1 is 1.12 bits per heavy atom. The lowest BCUT2D eigenvalue weighted by atomic mass is 10.2. The van der Waals surface area contributed by atoms with E-state index in [1.54, 1.807) is 30.6 Å². The number of aromatic nitrogens is 2. The number of fused-ring (bicyclic) bond motifs is 1. The van der Waals surface area contributed by atoms with Gasteiger partial charge in [0.15, 0.2) is 0 Å². The monoisotopic (exact) mass is 380 g/mol. The standard InChI is InChI=1S/C20H13ClN2O2S/c21-14-6-7-17-18(10-14)23(15-4-2-8-22-11-15)12-19(17)26-16-5-1-3-13(9-16)20(24)25/h1-12H,(H,24,25). The Kier molecular flexibility index (Phi) is 4.41. The molecular weight excluding hydrogens is 368 g/mol. The van der Waals surface area contributed by atoms with E-state index in [4.69, 9.17) is 11.6 Å². The van der Waals surface area contributed by atoms with E-state index in [-0.39, 0.29) is 5.56 Å². The molecule has 2 aromatic heterocycles. The number of carboxylic acids is 1. The number of halogens is 1. The minimum Gasteiger partial charge on any atom is -0.478 e. The van der Waals surface area contributed by atoms with Crippen molar-refractivity contribution < 1.29 is 9.90 Å². The molecule has 0 atom stereocenters. The van der Waals surface area contributed by atoms with Crippen LogP contribution >= 0.6 is 23.4 Å². The zero-order valence-electron chi connectivity index (χ0n) is 13.5. The number of pyridine rings is 1. The Labute approximate surface area is 159 Å². The summed E-state index contributed by atoms with van der Waals surface area (Å²) in [5, 5.41) is 10.9. The van der Waals surface area contributed by atoms with Crippen LogP contribution in [0.2, 0.25) is 5.02 Å². The van der Waals surface area contributed by atoms with Gasteiger partial charge in [0.2, 0.25) is 0 Å². The molecule has 1 N–H and O–H groups in total. The molecule has 26 heavy (non-hydrogen) atoms. The Balaban J connectivity index is 1.83. The van der Waals surface area contributed by atoms with Gasteiger partial charge in [0.1, 0.15) is 0 Å². The molecule has 0 aliphatic heterocycles. The highest BCUT2D eigenvalue weighted by Gasteiger charge is 2.13. The maximum Gasteiger partial charge on any atom is 0.335 e. The molecule has 0 spiro atoms. The number of benzene rings is 2. The zero-order chi connectivity index (χ0) is 18.1. The summed E-state index contributed by atoms with van der Waals surface area (Å²) in [7, 11) is 0. The Morgan fingerprint density at radius 2 is 2.00 bits per heavy atom. The number of hydrogen-bond acceptors (Lipinski definition) is 3. The van der Waals surface area contributed by atoms with Crippen molar-refractivity contribution in [2.75, 3.05) is 0 Å². The zero-order valence-corrected chi connectivity index (χ0v) is 15.0. The van der Waals surface area contributed by atoms with E-state index in [0.29, 0.717) is 5.02 Å². The fourth-order valence-corrected chi connectivity index (χ4v) is 3.97. The lowest BCUT2D eigenvalue weighted by Crippen LogP contribution is -1.95. The molecular formula is C20H13ClN2O2S. The highest BCUT2D eigenvalue weighted by Crippen LogP contribution is 2.37. The first-order valence-corrected chi connectivity index (χ1v) is 9.03. The lowest BCUT2D eigenvalue weighted by molar-refractivity contribution is 0.0696. The second-order valence-electron chi connectivity index (χ2n) is 5.67. The summed E-state index contributed by atoms with van der Waals surface area (Å²) >= 11 is 7.72. The van der Waals surface area contributed by atoms with Crippen LogP contribution in [-0.4, -0.2) is 20.6 Å². The molecule has 0 aliphatic carbocycles. The van der Waals surface area contributed by atoms with Gasteiger partial charge < -0.3 is 9.67 Å². The summed E-state index contributed by atoms with van der Waals surface area (Å²) in [6.07, 6.45) is 5.55. The Bertz CT molecular complexity index is 1110. The maximum absolute atomic E-state index is 11.2. The van der Waals surface area contributed by atoms with Crippen LogP contribution in [0, 0.1) is 0 Å². The summed E-state index contributed by atoms with van der Waals surface area (Å²) < 4.78 is 2.04. The van der Waals surface area contributed by atoms with Crippen molar-refractivity contribution in [1.82, 2.24) is 9.55 Å². The van der Waals surface area contributed by atoms with Crippen LogP contribution < -0.4 is 0 Å². The lowest BCUT2D eigenvalue weighted by Gasteiger charge is -2.04. The predicted octanol–water partition coefficient (Wildman–Crippen LogP) is 5.53. The van der Waals surface area contributed by atoms with Gasteiger partial charge in [0.05, 0.1) is 23.0 Å². The number of nitrogens with zero attached hydrogens (tertiary/aromatic N) is 2. The number of carbonyl (C=O) groups is 1. The quantitative estimate of drug-likeness (QED) is 0.505. The minimum atomic E-state index is -0.933. The van der Waals surface area contributed by atoms with E-state index < -0.39 is 5.97 Å². The van der Waals surface area contributed by atoms with Crippen LogP contribution in [0.15, 0.2) is 83.0 Å². The van der Waals surface area contributed by atoms with Crippen LogP contribution in [0.4, 0.5) is 0 Å². The average molecular weight is 381 g/mol. The van der Waals surface area contributed by atoms with E-state index in [2.05, 4.69) is 4.98 Å². The molecule has 0 saturated heterocycles. The van der Waals surface area contributed by atoms with Gasteiger partial charge in [0, 0.05) is 32.6 Å². The van der Waals surface area contributed by atoms with E-state index in [1.807, 2.05) is 47.2 Å². The van der Waals surface area contributed by atoms with Crippen LogP contribution in [0.1, 0.15) is 10.4 Å². The minimum absolute atomic E-state index is 0.272. The molecule has 0 saturated carbocycles. The van der Waals surface area contributed by atoms with Crippen molar-refractivity contribution in [3.05, 3.63) is 83.8 Å². The molecule has 0 radical (unpaired) electrons. The summed E-state index contributed by atoms with van der Waals surface area (Å²) in [6, 6.07) is 16.5. The Morgan fingerprint density at radius 3 is 2.77 bits per heavy atom. The molecule has 4 rings (SSSR count). The normalized spacial score (nSPS) is 11.0. The highest BCUT2D eigenvalue weighted by atomic mass is 35.5. The predicted molar refractivity (Wildman–Crippen MR) is 104 cm³/mol. The summed E-state index contributed by atoms with van der Waals surface area (Å²) in [4.78, 5) is 17.3. The summed E-state index contributed by atoms with van der Waals surface area (Å²) in [5.74, 6) is -0.933. The number of hydrogen-bond donors (Lipinski definition) is 1. The van der Waals surface area contributed by atoms with Crippen molar-refractivity contribution in [2.24, 2.45) is 0 Å². The molecule has 0 aliphatic rings. The van der Waals surface area contributed by atoms with Gasteiger partial charge in [0.25, 0.3) is 0 Å². The van der Waals surface area contributed by atoms with Crippen LogP contribution in [-0.2, 0) is 0 Å². The van der Waals surface area contributed by atoms with Gasteiger partial charge in [-0.25, -0.2) is 4.79 Å². The molecule has 128 valence electrons. The van der Waals surface area contributed by atoms with Gasteiger partial charge >= 0.3 is 5.97 Å². The van der Waals surface area contributed by atoms with Gasteiger partial charge in [-0.05, 0) is 42.5 Å². The Hall–Kier alpha value is -2.76. The average Bonchev–Trinajstić information content (AvgIpc) is 3.00. The third-order valence-corrected chi connectivity index (χ3v) is 5.23. The number of rotatable bonds is 4. The maximum atomic E-state index is 11.2. The summed E-state index contributed by atoms with van der Waals surface area (Å²) in [5.41, 5.74) is 2.18. The van der Waals surface area contributed by atoms with E-state index in [0.717, 1.165) is 26.4 Å². The molecule has 0 unspecified atom stereocenters. The third kappa shape index (κ3) is 3.19. The molecule has 2 aromatic carbocycles. The highest BCUT2D eigenvalue weighted by molar-refractivity contribution is 7.99. The van der Waals surface area contributed by atoms with Crippen LogP contribution in [0.3, 0.4) is 0 Å². The first kappa shape index (κ1) is 16.7. The first-order chi connectivity index (χ1) is 12.6. The molecule has 4 aromatic rings. The molecule has 6 heteroatoms. The third-order valence-electron chi connectivity index (χ3n) is 3.96. The van der Waals surface area contributed by atoms with Crippen molar-refractivity contribution in [3.8, 4) is 5.69 Å². The van der Waals surface area contributed by atoms with Gasteiger partial charge in [-0.2, -0.15) is 0 Å². The fraction of sp³-hybridized carbons (Fsp3) is 0. The van der Waals surface area contributed by atoms with Crippen molar-refractivity contribution in [1.29, 1.82) is 0 Å². The van der Waals surface area contributed by atoms with Gasteiger partial charge in [-0.1, -0.05) is 35.5 Å². The largest absolute Gasteiger partial charge is 0.478 e. The molecule has 0 fully saturated rings. The van der Waals surface area contributed by atoms with Crippen LogP contribution in [0.5, 0.6) is 0 Å². The van der Waals surface area contributed by atoms with Crippen LogP contribution in [0.25, 0.3) is 16.6 Å². The molecule has 4 nitrogen and oxygen atoms in total. The first-order valence-electron chi connectivity index (χ1n) is 7.84. The van der Waals surface area contributed by atoms with E-state index in [9.17, 15) is 9.90 Å². The second-order valence-corrected chi connectivity index (χ2v) is 7.22. The van der Waals surface area contributed by atoms with E-state index in [1.165, 1.54) is 11.8 Å². The fourth-order valence-electron chi connectivity index (χ4n) is 2.78. The van der Waals surface area contributed by atoms with Gasteiger partial charge in [-0.15, -0.1) is 0 Å². The SMILES string of the molecule is O=C(O)c1cccc(Sc2cn(-c3cccnc3)c3cc(Cl)ccc23)c1. The topological polar surface area (TPSA) is 55.1 Å². The van der Waals surface area contributed by atoms with Crippen molar-refractivity contribution in [3.63, 3.8) is 0 Å². The van der Waals surface area contributed by atoms with Crippen molar-refractivity contribution >= 4 is 40.2 Å².